The van der Waals surface area contributed by atoms with Crippen molar-refractivity contribution in [2.24, 2.45) is 0 Å². The molecule has 3 heterocycles. The van der Waals surface area contributed by atoms with Crippen LogP contribution in [0.5, 0.6) is 0 Å². The number of rotatable bonds is 8. The van der Waals surface area contributed by atoms with E-state index in [4.69, 9.17) is 0 Å². The number of carbonyl (C=O) groups is 2. The van der Waals surface area contributed by atoms with Gasteiger partial charge in [0, 0.05) is 49.1 Å². The predicted octanol–water partition coefficient (Wildman–Crippen LogP) is 5.55. The monoisotopic (exact) mass is 545 g/mol. The summed E-state index contributed by atoms with van der Waals surface area (Å²) in [5.41, 5.74) is 2.85. The first-order valence-corrected chi connectivity index (χ1v) is 14.7. The molecule has 1 unspecified atom stereocenters. The first kappa shape index (κ1) is 26.2. The van der Waals surface area contributed by atoms with Gasteiger partial charge in [-0.25, -0.2) is 0 Å². The number of piperazine rings is 1. The largest absolute Gasteiger partial charge is 0.339 e. The molecule has 0 N–H and O–H groups in total. The second-order valence-electron chi connectivity index (χ2n) is 9.46. The molecule has 1 aliphatic rings. The Morgan fingerprint density at radius 2 is 1.79 bits per heavy atom. The lowest BCUT2D eigenvalue weighted by Crippen LogP contribution is -2.55. The Kier molecular flexibility index (Phi) is 8.24. The van der Waals surface area contributed by atoms with Crippen LogP contribution in [0, 0.1) is 6.92 Å². The molecule has 0 bridgehead atoms. The van der Waals surface area contributed by atoms with Gasteiger partial charge in [0.1, 0.15) is 0 Å². The molecule has 0 radical (unpaired) electrons. The average molecular weight is 546 g/mol. The Balaban J connectivity index is 1.15. The topological polar surface area (TPSA) is 71.3 Å². The summed E-state index contributed by atoms with van der Waals surface area (Å²) in [6.07, 6.45) is 1.22. The van der Waals surface area contributed by atoms with Crippen molar-refractivity contribution >= 4 is 34.9 Å². The molecule has 0 aliphatic carbocycles. The van der Waals surface area contributed by atoms with Gasteiger partial charge in [-0.15, -0.1) is 21.5 Å². The summed E-state index contributed by atoms with van der Waals surface area (Å²) in [6.45, 7) is 5.72. The van der Waals surface area contributed by atoms with Crippen LogP contribution >= 0.6 is 23.1 Å². The number of para-hydroxylation sites is 1. The van der Waals surface area contributed by atoms with Crippen LogP contribution in [0.4, 0.5) is 0 Å². The maximum atomic E-state index is 13.0. The van der Waals surface area contributed by atoms with Crippen molar-refractivity contribution in [1.82, 2.24) is 24.6 Å². The summed E-state index contributed by atoms with van der Waals surface area (Å²) in [7, 11) is 0. The van der Waals surface area contributed by atoms with E-state index >= 15 is 0 Å². The zero-order valence-electron chi connectivity index (χ0n) is 21.6. The fourth-order valence-corrected chi connectivity index (χ4v) is 6.22. The van der Waals surface area contributed by atoms with Crippen LogP contribution in [0.1, 0.15) is 35.7 Å². The highest BCUT2D eigenvalue weighted by Crippen LogP contribution is 2.30. The highest BCUT2D eigenvalue weighted by Gasteiger charge is 2.30. The molecule has 1 saturated heterocycles. The Morgan fingerprint density at radius 1 is 1.00 bits per heavy atom. The van der Waals surface area contributed by atoms with Gasteiger partial charge in [-0.05, 0) is 56.0 Å². The van der Waals surface area contributed by atoms with Crippen LogP contribution in [0.25, 0.3) is 16.4 Å². The molecular formula is C29H31N5O2S2. The fraction of sp³-hybridized carbons (Fsp3) is 0.310. The molecule has 1 aliphatic heterocycles. The van der Waals surface area contributed by atoms with Gasteiger partial charge in [-0.1, -0.05) is 53.7 Å². The number of aromatic nitrogens is 3. The molecule has 0 spiro atoms. The van der Waals surface area contributed by atoms with Gasteiger partial charge in [0.25, 0.3) is 5.91 Å². The summed E-state index contributed by atoms with van der Waals surface area (Å²) in [4.78, 5) is 30.8. The van der Waals surface area contributed by atoms with Gasteiger partial charge >= 0.3 is 0 Å². The van der Waals surface area contributed by atoms with Crippen LogP contribution < -0.4 is 0 Å². The van der Waals surface area contributed by atoms with Crippen molar-refractivity contribution in [3.8, 4) is 16.4 Å². The highest BCUT2D eigenvalue weighted by molar-refractivity contribution is 7.99. The molecule has 1 atom stereocenters. The van der Waals surface area contributed by atoms with E-state index in [0.29, 0.717) is 31.6 Å². The van der Waals surface area contributed by atoms with Gasteiger partial charge in [0.05, 0.1) is 4.88 Å². The summed E-state index contributed by atoms with van der Waals surface area (Å²) in [6, 6.07) is 21.8. The Bertz CT molecular complexity index is 1370. The van der Waals surface area contributed by atoms with E-state index in [1.54, 1.807) is 23.1 Å². The van der Waals surface area contributed by atoms with Crippen molar-refractivity contribution < 1.29 is 9.59 Å². The number of benzene rings is 2. The summed E-state index contributed by atoms with van der Waals surface area (Å²) >= 11 is 3.26. The predicted molar refractivity (Wildman–Crippen MR) is 153 cm³/mol. The maximum absolute atomic E-state index is 13.0. The standard InChI is InChI=1S/C29H31N5O2S2/c1-21-12-14-23(15-13-21)28(36)33-17-16-32(20-22(33)2)26(35)11-7-19-38-29-31-30-27(25-10-6-18-37-25)34(29)24-8-4-3-5-9-24/h3-6,8-10,12-15,18,22H,7,11,16-17,19-20H2,1-2H3. The number of hydrogen-bond donors (Lipinski definition) is 0. The van der Waals surface area contributed by atoms with E-state index in [0.717, 1.165) is 39.3 Å². The summed E-state index contributed by atoms with van der Waals surface area (Å²) in [5, 5.41) is 11.8. The zero-order chi connectivity index (χ0) is 26.5. The zero-order valence-corrected chi connectivity index (χ0v) is 23.3. The van der Waals surface area contributed by atoms with Crippen LogP contribution in [-0.4, -0.2) is 67.8 Å². The maximum Gasteiger partial charge on any atom is 0.254 e. The first-order chi connectivity index (χ1) is 18.5. The molecule has 2 aromatic heterocycles. The molecule has 38 heavy (non-hydrogen) atoms. The molecule has 2 amide bonds. The molecule has 5 rings (SSSR count). The highest BCUT2D eigenvalue weighted by atomic mass is 32.2. The van der Waals surface area contributed by atoms with Crippen molar-refractivity contribution in [2.75, 3.05) is 25.4 Å². The number of thiophene rings is 1. The Labute approximate surface area is 231 Å². The van der Waals surface area contributed by atoms with Crippen molar-refractivity contribution in [3.63, 3.8) is 0 Å². The number of nitrogens with zero attached hydrogens (tertiary/aromatic N) is 5. The molecule has 1 fully saturated rings. The third-order valence-electron chi connectivity index (χ3n) is 6.70. The number of carbonyl (C=O) groups excluding carboxylic acids is 2. The van der Waals surface area contributed by atoms with E-state index in [1.165, 1.54) is 0 Å². The lowest BCUT2D eigenvalue weighted by Gasteiger charge is -2.40. The fourth-order valence-electron chi connectivity index (χ4n) is 4.63. The minimum atomic E-state index is -0.0176. The number of amides is 2. The lowest BCUT2D eigenvalue weighted by molar-refractivity contribution is -0.133. The van der Waals surface area contributed by atoms with Crippen LogP contribution in [0.2, 0.25) is 0 Å². The second kappa shape index (κ2) is 12.0. The molecule has 2 aromatic carbocycles. The third-order valence-corrected chi connectivity index (χ3v) is 8.58. The summed E-state index contributed by atoms with van der Waals surface area (Å²) < 4.78 is 2.09. The second-order valence-corrected chi connectivity index (χ2v) is 11.5. The smallest absolute Gasteiger partial charge is 0.254 e. The molecule has 0 saturated carbocycles. The van der Waals surface area contributed by atoms with Gasteiger partial charge in [-0.3, -0.25) is 14.2 Å². The average Bonchev–Trinajstić information content (AvgIpc) is 3.62. The van der Waals surface area contributed by atoms with Crippen molar-refractivity contribution in [3.05, 3.63) is 83.2 Å². The quantitative estimate of drug-likeness (QED) is 0.214. The van der Waals surface area contributed by atoms with E-state index in [1.807, 2.05) is 77.6 Å². The minimum absolute atomic E-state index is 0.0176. The normalized spacial score (nSPS) is 15.6. The minimum Gasteiger partial charge on any atom is -0.339 e. The molecule has 4 aromatic rings. The summed E-state index contributed by atoms with van der Waals surface area (Å²) in [5.74, 6) is 1.77. The van der Waals surface area contributed by atoms with E-state index < -0.39 is 0 Å². The van der Waals surface area contributed by atoms with Gasteiger partial charge in [0.2, 0.25) is 5.91 Å². The first-order valence-electron chi connectivity index (χ1n) is 12.8. The lowest BCUT2D eigenvalue weighted by atomic mass is 10.1. The molecule has 9 heteroatoms. The SMILES string of the molecule is Cc1ccc(C(=O)N2CCN(C(=O)CCCSc3nnc(-c4cccs4)n3-c3ccccc3)CC2C)cc1. The van der Waals surface area contributed by atoms with E-state index in [9.17, 15) is 9.59 Å². The third kappa shape index (κ3) is 5.84. The van der Waals surface area contributed by atoms with Crippen LogP contribution in [0.15, 0.2) is 77.3 Å². The molecule has 196 valence electrons. The van der Waals surface area contributed by atoms with E-state index in [2.05, 4.69) is 33.0 Å². The van der Waals surface area contributed by atoms with Crippen molar-refractivity contribution in [1.29, 1.82) is 0 Å². The van der Waals surface area contributed by atoms with E-state index in [-0.39, 0.29) is 17.9 Å². The van der Waals surface area contributed by atoms with Crippen LogP contribution in [-0.2, 0) is 4.79 Å². The van der Waals surface area contributed by atoms with Gasteiger partial charge in [0.15, 0.2) is 11.0 Å². The van der Waals surface area contributed by atoms with Crippen LogP contribution in [0.3, 0.4) is 0 Å². The molecule has 7 nitrogen and oxygen atoms in total. The molecular weight excluding hydrogens is 514 g/mol. The van der Waals surface area contributed by atoms with Gasteiger partial charge < -0.3 is 9.80 Å². The Hall–Kier alpha value is -3.43. The van der Waals surface area contributed by atoms with Crippen molar-refractivity contribution in [2.45, 2.75) is 37.9 Å². The number of hydrogen-bond acceptors (Lipinski definition) is 6. The Morgan fingerprint density at radius 3 is 2.50 bits per heavy atom. The van der Waals surface area contributed by atoms with Gasteiger partial charge in [-0.2, -0.15) is 0 Å². The number of thioether (sulfide) groups is 1. The number of aryl methyl sites for hydroxylation is 1.